The minimum atomic E-state index is 0.124. The van der Waals surface area contributed by atoms with E-state index in [0.717, 1.165) is 68.6 Å². The minimum Gasteiger partial charge on any atom is -0.331 e. The molecule has 0 saturated carbocycles. The van der Waals surface area contributed by atoms with Gasteiger partial charge < -0.3 is 10.2 Å². The molecule has 0 aliphatic carbocycles. The van der Waals surface area contributed by atoms with Crippen LogP contribution in [0.4, 0.5) is 0 Å². The van der Waals surface area contributed by atoms with Crippen molar-refractivity contribution >= 4 is 5.91 Å². The highest BCUT2D eigenvalue weighted by atomic mass is 16.2. The van der Waals surface area contributed by atoms with E-state index in [1.54, 1.807) is 12.4 Å². The van der Waals surface area contributed by atoms with E-state index in [2.05, 4.69) is 15.4 Å². The number of hydrogen-bond acceptors (Lipinski definition) is 4. The quantitative estimate of drug-likeness (QED) is 0.925. The van der Waals surface area contributed by atoms with Gasteiger partial charge in [-0.15, -0.1) is 0 Å². The fourth-order valence-electron chi connectivity index (χ4n) is 3.93. The highest BCUT2D eigenvalue weighted by molar-refractivity contribution is 5.95. The van der Waals surface area contributed by atoms with Gasteiger partial charge in [-0.25, -0.2) is 0 Å². The zero-order chi connectivity index (χ0) is 17.1. The topological polar surface area (TPSA) is 63.1 Å². The number of aromatic nitrogens is 3. The number of carbonyl (C=O) groups is 1. The number of carbonyl (C=O) groups excluding carboxylic acids is 1. The lowest BCUT2D eigenvalue weighted by molar-refractivity contribution is 0.0621. The van der Waals surface area contributed by atoms with Crippen molar-refractivity contribution in [1.82, 2.24) is 25.0 Å². The highest BCUT2D eigenvalue weighted by Crippen LogP contribution is 2.23. The Morgan fingerprint density at radius 2 is 2.16 bits per heavy atom. The lowest BCUT2D eigenvalue weighted by atomic mass is 10.0. The summed E-state index contributed by atoms with van der Waals surface area (Å²) in [5.74, 6) is 0.124. The minimum absolute atomic E-state index is 0.124. The SMILES string of the molecule is O=C(c1cnn2c1CCCC2)N(Cc1cccnc1)C1CCNCC1. The maximum atomic E-state index is 13.4. The Morgan fingerprint density at radius 1 is 1.28 bits per heavy atom. The van der Waals surface area contributed by atoms with Gasteiger partial charge in [0.2, 0.25) is 0 Å². The zero-order valence-corrected chi connectivity index (χ0v) is 14.5. The monoisotopic (exact) mass is 339 g/mol. The van der Waals surface area contributed by atoms with Crippen LogP contribution in [0.2, 0.25) is 0 Å². The predicted octanol–water partition coefficient (Wildman–Crippen LogP) is 2.01. The van der Waals surface area contributed by atoms with Gasteiger partial charge in [0.15, 0.2) is 0 Å². The van der Waals surface area contributed by atoms with E-state index < -0.39 is 0 Å². The molecule has 2 aromatic heterocycles. The first-order valence-electron chi connectivity index (χ1n) is 9.28. The van der Waals surface area contributed by atoms with Crippen molar-refractivity contribution in [1.29, 1.82) is 0 Å². The van der Waals surface area contributed by atoms with E-state index in [1.807, 2.05) is 27.9 Å². The van der Waals surface area contributed by atoms with Gasteiger partial charge >= 0.3 is 0 Å². The van der Waals surface area contributed by atoms with Crippen LogP contribution in [0.3, 0.4) is 0 Å². The fraction of sp³-hybridized carbons (Fsp3) is 0.526. The molecule has 25 heavy (non-hydrogen) atoms. The van der Waals surface area contributed by atoms with E-state index in [4.69, 9.17) is 0 Å². The van der Waals surface area contributed by atoms with Crippen LogP contribution in [0.15, 0.2) is 30.7 Å². The standard InChI is InChI=1S/C19H25N5O/c25-19(17-13-22-24-11-2-1-5-18(17)24)23(16-6-9-20-10-7-16)14-15-4-3-8-21-12-15/h3-4,8,12-13,16,20H,1-2,5-7,9-11,14H2. The number of aryl methyl sites for hydroxylation is 1. The van der Waals surface area contributed by atoms with E-state index in [1.165, 1.54) is 0 Å². The third-order valence-corrected chi connectivity index (χ3v) is 5.30. The summed E-state index contributed by atoms with van der Waals surface area (Å²) in [5.41, 5.74) is 2.99. The summed E-state index contributed by atoms with van der Waals surface area (Å²) in [4.78, 5) is 19.7. The molecule has 0 bridgehead atoms. The van der Waals surface area contributed by atoms with Gasteiger partial charge in [-0.3, -0.25) is 14.5 Å². The summed E-state index contributed by atoms with van der Waals surface area (Å²) in [5, 5.41) is 7.85. The number of amides is 1. The molecule has 2 aromatic rings. The summed E-state index contributed by atoms with van der Waals surface area (Å²) < 4.78 is 2.02. The molecule has 0 atom stereocenters. The largest absolute Gasteiger partial charge is 0.331 e. The smallest absolute Gasteiger partial charge is 0.257 e. The molecule has 4 heterocycles. The van der Waals surface area contributed by atoms with Crippen LogP contribution < -0.4 is 5.32 Å². The normalized spacial score (nSPS) is 17.9. The molecule has 1 amide bonds. The molecule has 4 rings (SSSR count). The molecule has 6 nitrogen and oxygen atoms in total. The molecule has 0 unspecified atom stereocenters. The molecule has 1 saturated heterocycles. The average molecular weight is 339 g/mol. The molecule has 0 spiro atoms. The van der Waals surface area contributed by atoms with Crippen molar-refractivity contribution in [2.45, 2.75) is 51.2 Å². The summed E-state index contributed by atoms with van der Waals surface area (Å²) >= 11 is 0. The van der Waals surface area contributed by atoms with Crippen molar-refractivity contribution in [2.24, 2.45) is 0 Å². The number of hydrogen-bond donors (Lipinski definition) is 1. The van der Waals surface area contributed by atoms with Crippen molar-refractivity contribution < 1.29 is 4.79 Å². The van der Waals surface area contributed by atoms with Gasteiger partial charge in [0.25, 0.3) is 5.91 Å². The molecule has 0 aromatic carbocycles. The molecular formula is C19H25N5O. The second-order valence-electron chi connectivity index (χ2n) is 6.96. The third kappa shape index (κ3) is 3.44. The number of nitrogens with one attached hydrogen (secondary N) is 1. The van der Waals surface area contributed by atoms with Crippen LogP contribution >= 0.6 is 0 Å². The molecule has 2 aliphatic rings. The summed E-state index contributed by atoms with van der Waals surface area (Å²) in [7, 11) is 0. The first kappa shape index (κ1) is 16.3. The van der Waals surface area contributed by atoms with Crippen LogP contribution in [0.25, 0.3) is 0 Å². The van der Waals surface area contributed by atoms with E-state index in [0.29, 0.717) is 6.54 Å². The van der Waals surface area contributed by atoms with Crippen LogP contribution in [0, 0.1) is 0 Å². The Morgan fingerprint density at radius 3 is 2.96 bits per heavy atom. The van der Waals surface area contributed by atoms with Gasteiger partial charge in [0, 0.05) is 31.5 Å². The third-order valence-electron chi connectivity index (χ3n) is 5.30. The molecule has 132 valence electrons. The van der Waals surface area contributed by atoms with E-state index in [9.17, 15) is 4.79 Å². The Kier molecular flexibility index (Phi) is 4.78. The van der Waals surface area contributed by atoms with Crippen LogP contribution in [-0.2, 0) is 19.5 Å². The molecule has 2 aliphatic heterocycles. The van der Waals surface area contributed by atoms with Crippen molar-refractivity contribution in [3.05, 3.63) is 47.5 Å². The maximum absolute atomic E-state index is 13.4. The molecule has 1 N–H and O–H groups in total. The summed E-state index contributed by atoms with van der Waals surface area (Å²) in [6.07, 6.45) is 10.6. The molecule has 0 radical (unpaired) electrons. The van der Waals surface area contributed by atoms with Crippen molar-refractivity contribution in [3.8, 4) is 0 Å². The Labute approximate surface area is 148 Å². The Balaban J connectivity index is 1.62. The predicted molar refractivity (Wildman–Crippen MR) is 95.2 cm³/mol. The molecule has 1 fully saturated rings. The fourth-order valence-corrected chi connectivity index (χ4v) is 3.93. The number of fused-ring (bicyclic) bond motifs is 1. The number of nitrogens with zero attached hydrogens (tertiary/aromatic N) is 4. The molecule has 6 heteroatoms. The number of piperidine rings is 1. The van der Waals surface area contributed by atoms with Gasteiger partial charge in [-0.2, -0.15) is 5.10 Å². The highest BCUT2D eigenvalue weighted by Gasteiger charge is 2.29. The Bertz CT molecular complexity index is 721. The summed E-state index contributed by atoms with van der Waals surface area (Å²) in [6.45, 7) is 3.47. The summed E-state index contributed by atoms with van der Waals surface area (Å²) in [6, 6.07) is 4.25. The number of rotatable bonds is 4. The zero-order valence-electron chi connectivity index (χ0n) is 14.5. The van der Waals surface area contributed by atoms with Gasteiger partial charge in [-0.1, -0.05) is 6.07 Å². The van der Waals surface area contributed by atoms with Crippen LogP contribution in [0.5, 0.6) is 0 Å². The Hall–Kier alpha value is -2.21. The second kappa shape index (κ2) is 7.35. The number of pyridine rings is 1. The van der Waals surface area contributed by atoms with Crippen molar-refractivity contribution in [2.75, 3.05) is 13.1 Å². The van der Waals surface area contributed by atoms with Gasteiger partial charge in [0.1, 0.15) is 0 Å². The van der Waals surface area contributed by atoms with Gasteiger partial charge in [-0.05, 0) is 56.8 Å². The van der Waals surface area contributed by atoms with E-state index >= 15 is 0 Å². The lowest BCUT2D eigenvalue weighted by Crippen LogP contribution is -2.46. The second-order valence-corrected chi connectivity index (χ2v) is 6.96. The maximum Gasteiger partial charge on any atom is 0.257 e. The van der Waals surface area contributed by atoms with Gasteiger partial charge in [0.05, 0.1) is 17.5 Å². The molecular weight excluding hydrogens is 314 g/mol. The van der Waals surface area contributed by atoms with Crippen molar-refractivity contribution in [3.63, 3.8) is 0 Å². The van der Waals surface area contributed by atoms with Crippen LogP contribution in [-0.4, -0.2) is 44.7 Å². The first-order valence-corrected chi connectivity index (χ1v) is 9.28. The van der Waals surface area contributed by atoms with Crippen LogP contribution in [0.1, 0.15) is 47.3 Å². The first-order chi connectivity index (χ1) is 12.3. The average Bonchev–Trinajstić information content (AvgIpc) is 3.11. The lowest BCUT2D eigenvalue weighted by Gasteiger charge is -2.35. The van der Waals surface area contributed by atoms with E-state index in [-0.39, 0.29) is 11.9 Å².